The van der Waals surface area contributed by atoms with E-state index in [0.29, 0.717) is 5.75 Å². The number of fused-ring (bicyclic) bond motifs is 1. The summed E-state index contributed by atoms with van der Waals surface area (Å²) in [6.45, 7) is 0. The molecule has 2 aromatic rings. The van der Waals surface area contributed by atoms with Crippen molar-refractivity contribution in [2.75, 3.05) is 5.75 Å². The number of carboxylic acid groups (broad SMARTS) is 1. The smallest absolute Gasteiger partial charge is 0.313 e. The highest BCUT2D eigenvalue weighted by Crippen LogP contribution is 2.13. The molecule has 0 atom stereocenters. The van der Waals surface area contributed by atoms with Crippen LogP contribution in [0.1, 0.15) is 5.82 Å². The van der Waals surface area contributed by atoms with E-state index in [0.717, 1.165) is 16.9 Å². The molecule has 2 heterocycles. The Hall–Kier alpha value is -1.56. The Balaban J connectivity index is 2.05. The second-order valence-corrected chi connectivity index (χ2v) is 3.95. The van der Waals surface area contributed by atoms with E-state index in [1.165, 1.54) is 11.8 Å². The Bertz CT molecular complexity index is 450. The third-order valence-corrected chi connectivity index (χ3v) is 2.73. The van der Waals surface area contributed by atoms with Gasteiger partial charge in [-0.05, 0) is 6.07 Å². The van der Waals surface area contributed by atoms with Gasteiger partial charge in [-0.15, -0.1) is 11.8 Å². The fourth-order valence-corrected chi connectivity index (χ4v) is 1.82. The molecule has 0 aromatic carbocycles. The van der Waals surface area contributed by atoms with Gasteiger partial charge in [-0.1, -0.05) is 0 Å². The number of aromatic amines is 1. The predicted molar refractivity (Wildman–Crippen MR) is 57.7 cm³/mol. The van der Waals surface area contributed by atoms with Gasteiger partial charge in [0.2, 0.25) is 0 Å². The molecule has 78 valence electrons. The van der Waals surface area contributed by atoms with Crippen molar-refractivity contribution >= 4 is 28.8 Å². The molecule has 0 unspecified atom stereocenters. The zero-order valence-electron chi connectivity index (χ0n) is 7.80. The highest BCUT2D eigenvalue weighted by atomic mass is 32.2. The van der Waals surface area contributed by atoms with Crippen LogP contribution < -0.4 is 0 Å². The van der Waals surface area contributed by atoms with Gasteiger partial charge in [-0.3, -0.25) is 9.78 Å². The van der Waals surface area contributed by atoms with E-state index in [2.05, 4.69) is 15.0 Å². The second kappa shape index (κ2) is 4.31. The van der Waals surface area contributed by atoms with Gasteiger partial charge < -0.3 is 10.1 Å². The monoisotopic (exact) mass is 223 g/mol. The number of hydrogen-bond donors (Lipinski definition) is 2. The molecule has 6 heteroatoms. The van der Waals surface area contributed by atoms with Gasteiger partial charge in [0.15, 0.2) is 0 Å². The summed E-state index contributed by atoms with van der Waals surface area (Å²) in [6, 6.07) is 1.82. The molecule has 5 nitrogen and oxygen atoms in total. The van der Waals surface area contributed by atoms with E-state index in [-0.39, 0.29) is 5.75 Å². The normalized spacial score (nSPS) is 10.7. The van der Waals surface area contributed by atoms with E-state index in [4.69, 9.17) is 5.11 Å². The number of thioether (sulfide) groups is 1. The van der Waals surface area contributed by atoms with Crippen molar-refractivity contribution in [3.8, 4) is 0 Å². The Labute approximate surface area is 89.9 Å². The van der Waals surface area contributed by atoms with Crippen molar-refractivity contribution in [1.82, 2.24) is 15.0 Å². The number of nitrogens with zero attached hydrogens (tertiary/aromatic N) is 2. The first-order valence-corrected chi connectivity index (χ1v) is 5.49. The zero-order valence-corrected chi connectivity index (χ0v) is 8.62. The lowest BCUT2D eigenvalue weighted by atomic mass is 10.4. The lowest BCUT2D eigenvalue weighted by Crippen LogP contribution is -1.98. The van der Waals surface area contributed by atoms with E-state index < -0.39 is 5.97 Å². The standard InChI is InChI=1S/C9H9N3O2S/c13-9(14)5-15-4-8-11-6-1-2-10-3-7(6)12-8/h1-3H,4-5H2,(H,11,12)(H,13,14). The zero-order chi connectivity index (χ0) is 10.7. The number of imidazole rings is 1. The molecule has 2 rings (SSSR count). The summed E-state index contributed by atoms with van der Waals surface area (Å²) in [5.74, 6) is 0.637. The fourth-order valence-electron chi connectivity index (χ4n) is 1.21. The maximum Gasteiger partial charge on any atom is 0.313 e. The van der Waals surface area contributed by atoms with Crippen LogP contribution in [0.15, 0.2) is 18.5 Å². The van der Waals surface area contributed by atoms with Gasteiger partial charge in [0.05, 0.1) is 28.7 Å². The number of carbonyl (C=O) groups is 1. The maximum atomic E-state index is 10.3. The summed E-state index contributed by atoms with van der Waals surface area (Å²) in [7, 11) is 0. The van der Waals surface area contributed by atoms with Crippen molar-refractivity contribution in [3.05, 3.63) is 24.3 Å². The van der Waals surface area contributed by atoms with Crippen LogP contribution in [0.5, 0.6) is 0 Å². The molecular formula is C9H9N3O2S. The molecule has 0 fully saturated rings. The first kappa shape index (κ1) is 9.97. The molecule has 2 aromatic heterocycles. The topological polar surface area (TPSA) is 78.9 Å². The van der Waals surface area contributed by atoms with Gasteiger partial charge in [0, 0.05) is 6.20 Å². The van der Waals surface area contributed by atoms with Gasteiger partial charge in [-0.25, -0.2) is 4.98 Å². The Kier molecular flexibility index (Phi) is 2.86. The summed E-state index contributed by atoms with van der Waals surface area (Å²) >= 11 is 1.32. The molecule has 0 aliphatic rings. The van der Waals surface area contributed by atoms with Crippen LogP contribution in [-0.4, -0.2) is 31.8 Å². The molecule has 0 bridgehead atoms. The van der Waals surface area contributed by atoms with E-state index in [1.807, 2.05) is 6.07 Å². The van der Waals surface area contributed by atoms with Crippen LogP contribution in [0.3, 0.4) is 0 Å². The molecule has 2 N–H and O–H groups in total. The minimum absolute atomic E-state index is 0.0926. The van der Waals surface area contributed by atoms with Crippen LogP contribution in [0.2, 0.25) is 0 Å². The molecule has 0 radical (unpaired) electrons. The highest BCUT2D eigenvalue weighted by molar-refractivity contribution is 7.99. The van der Waals surface area contributed by atoms with Crippen molar-refractivity contribution < 1.29 is 9.90 Å². The minimum atomic E-state index is -0.808. The summed E-state index contributed by atoms with van der Waals surface area (Å²) in [6.07, 6.45) is 3.38. The van der Waals surface area contributed by atoms with Crippen molar-refractivity contribution in [3.63, 3.8) is 0 Å². The maximum absolute atomic E-state index is 10.3. The predicted octanol–water partition coefficient (Wildman–Crippen LogP) is 1.28. The number of H-pyrrole nitrogens is 1. The number of nitrogens with one attached hydrogen (secondary N) is 1. The quantitative estimate of drug-likeness (QED) is 0.816. The van der Waals surface area contributed by atoms with Gasteiger partial charge in [0.1, 0.15) is 5.82 Å². The first-order chi connectivity index (χ1) is 7.25. The van der Waals surface area contributed by atoms with Crippen LogP contribution in [0.25, 0.3) is 11.0 Å². The molecule has 0 spiro atoms. The highest BCUT2D eigenvalue weighted by Gasteiger charge is 2.03. The average molecular weight is 223 g/mol. The average Bonchev–Trinajstić information content (AvgIpc) is 2.59. The summed E-state index contributed by atoms with van der Waals surface area (Å²) in [4.78, 5) is 21.6. The molecule has 0 aliphatic carbocycles. The number of pyridine rings is 1. The van der Waals surface area contributed by atoms with Crippen LogP contribution in [0.4, 0.5) is 0 Å². The fraction of sp³-hybridized carbons (Fsp3) is 0.222. The lowest BCUT2D eigenvalue weighted by molar-refractivity contribution is -0.133. The molecular weight excluding hydrogens is 214 g/mol. The molecule has 0 aliphatic heterocycles. The SMILES string of the molecule is O=C(O)CSCc1nc2ccncc2[nH]1. The first-order valence-electron chi connectivity index (χ1n) is 4.34. The van der Waals surface area contributed by atoms with Crippen LogP contribution >= 0.6 is 11.8 Å². The minimum Gasteiger partial charge on any atom is -0.481 e. The van der Waals surface area contributed by atoms with Crippen molar-refractivity contribution in [2.45, 2.75) is 5.75 Å². The van der Waals surface area contributed by atoms with Crippen LogP contribution in [-0.2, 0) is 10.5 Å². The van der Waals surface area contributed by atoms with Gasteiger partial charge >= 0.3 is 5.97 Å². The summed E-state index contributed by atoms with van der Waals surface area (Å²) < 4.78 is 0. The Morgan fingerprint density at radius 3 is 3.20 bits per heavy atom. The van der Waals surface area contributed by atoms with Crippen molar-refractivity contribution in [2.24, 2.45) is 0 Å². The molecule has 15 heavy (non-hydrogen) atoms. The number of carboxylic acids is 1. The summed E-state index contributed by atoms with van der Waals surface area (Å²) in [5.41, 5.74) is 1.74. The lowest BCUT2D eigenvalue weighted by Gasteiger charge is -1.93. The number of rotatable bonds is 4. The van der Waals surface area contributed by atoms with E-state index >= 15 is 0 Å². The Morgan fingerprint density at radius 2 is 2.47 bits per heavy atom. The van der Waals surface area contributed by atoms with E-state index in [1.54, 1.807) is 12.4 Å². The third-order valence-electron chi connectivity index (χ3n) is 1.80. The largest absolute Gasteiger partial charge is 0.481 e. The number of aliphatic carboxylic acids is 1. The molecule has 0 amide bonds. The number of aromatic nitrogens is 3. The molecule has 0 saturated heterocycles. The van der Waals surface area contributed by atoms with Crippen molar-refractivity contribution in [1.29, 1.82) is 0 Å². The second-order valence-electron chi connectivity index (χ2n) is 2.96. The van der Waals surface area contributed by atoms with E-state index in [9.17, 15) is 4.79 Å². The van der Waals surface area contributed by atoms with Gasteiger partial charge in [-0.2, -0.15) is 0 Å². The van der Waals surface area contributed by atoms with Gasteiger partial charge in [0.25, 0.3) is 0 Å². The van der Waals surface area contributed by atoms with Crippen LogP contribution in [0, 0.1) is 0 Å². The Morgan fingerprint density at radius 1 is 1.60 bits per heavy atom. The third kappa shape index (κ3) is 2.47. The summed E-state index contributed by atoms with van der Waals surface area (Å²) in [5, 5.41) is 8.47. The number of hydrogen-bond acceptors (Lipinski definition) is 4. The molecule has 0 saturated carbocycles.